The maximum absolute atomic E-state index is 13.8. The van der Waals surface area contributed by atoms with Gasteiger partial charge in [0.15, 0.2) is 0 Å². The fourth-order valence-electron chi connectivity index (χ4n) is 4.12. The van der Waals surface area contributed by atoms with Crippen LogP contribution in [0, 0.1) is 19.7 Å². The van der Waals surface area contributed by atoms with Crippen LogP contribution in [-0.2, 0) is 9.47 Å². The minimum Gasteiger partial charge on any atom is -0.462 e. The molecule has 0 saturated heterocycles. The molecule has 2 heterocycles. The van der Waals surface area contributed by atoms with Crippen LogP contribution < -0.4 is 0 Å². The van der Waals surface area contributed by atoms with Crippen molar-refractivity contribution in [3.8, 4) is 28.1 Å². The predicted molar refractivity (Wildman–Crippen MR) is 134 cm³/mol. The van der Waals surface area contributed by atoms with E-state index in [2.05, 4.69) is 4.98 Å². The number of hydrogen-bond acceptors (Lipinski definition) is 6. The molecule has 4 rings (SSSR count). The Labute approximate surface area is 208 Å². The molecule has 0 aliphatic rings. The van der Waals surface area contributed by atoms with Crippen LogP contribution in [0.15, 0.2) is 60.8 Å². The van der Waals surface area contributed by atoms with Crippen molar-refractivity contribution in [3.05, 3.63) is 89.1 Å². The van der Waals surface area contributed by atoms with E-state index >= 15 is 0 Å². The number of carbonyl (C=O) groups is 2. The fourth-order valence-corrected chi connectivity index (χ4v) is 4.12. The van der Waals surface area contributed by atoms with E-state index in [1.54, 1.807) is 50.7 Å². The molecular weight excluding hydrogens is 461 g/mol. The van der Waals surface area contributed by atoms with E-state index in [0.717, 1.165) is 5.69 Å². The molecule has 0 saturated carbocycles. The first-order valence-corrected chi connectivity index (χ1v) is 11.6. The van der Waals surface area contributed by atoms with Crippen molar-refractivity contribution in [2.75, 3.05) is 13.2 Å². The summed E-state index contributed by atoms with van der Waals surface area (Å²) in [4.78, 5) is 30.8. The molecule has 8 heteroatoms. The van der Waals surface area contributed by atoms with Crippen molar-refractivity contribution in [2.45, 2.75) is 27.7 Å². The third-order valence-electron chi connectivity index (χ3n) is 5.64. The Morgan fingerprint density at radius 1 is 0.861 bits per heavy atom. The van der Waals surface area contributed by atoms with Gasteiger partial charge < -0.3 is 9.47 Å². The highest BCUT2D eigenvalue weighted by atomic mass is 19.1. The maximum atomic E-state index is 13.8. The molecular formula is C28H26FN3O4. The SMILES string of the molecule is CCOC(=O)c1c(C)nc(C)c(C(=O)OCC)c1-c1cn(-c2ccccc2)nc1-c1ccc(F)cc1. The number of carbonyl (C=O) groups excluding carboxylic acids is 2. The number of aromatic nitrogens is 3. The van der Waals surface area contributed by atoms with Gasteiger partial charge in [-0.15, -0.1) is 0 Å². The summed E-state index contributed by atoms with van der Waals surface area (Å²) in [5.41, 5.74) is 3.77. The predicted octanol–water partition coefficient (Wildman–Crippen LogP) is 5.71. The second-order valence-electron chi connectivity index (χ2n) is 8.03. The summed E-state index contributed by atoms with van der Waals surface area (Å²) in [6.07, 6.45) is 1.74. The van der Waals surface area contributed by atoms with Gasteiger partial charge in [0.25, 0.3) is 0 Å². The zero-order chi connectivity index (χ0) is 25.8. The van der Waals surface area contributed by atoms with Gasteiger partial charge in [-0.25, -0.2) is 18.7 Å². The molecule has 0 spiro atoms. The van der Waals surface area contributed by atoms with Crippen LogP contribution in [0.2, 0.25) is 0 Å². The van der Waals surface area contributed by atoms with Gasteiger partial charge in [0, 0.05) is 22.9 Å². The van der Waals surface area contributed by atoms with Crippen molar-refractivity contribution in [3.63, 3.8) is 0 Å². The molecule has 0 amide bonds. The van der Waals surface area contributed by atoms with Gasteiger partial charge in [0.2, 0.25) is 0 Å². The lowest BCUT2D eigenvalue weighted by Crippen LogP contribution is -2.17. The number of halogens is 1. The Kier molecular flexibility index (Phi) is 7.24. The lowest BCUT2D eigenvalue weighted by Gasteiger charge is -2.17. The maximum Gasteiger partial charge on any atom is 0.340 e. The molecule has 0 atom stereocenters. The second kappa shape index (κ2) is 10.5. The van der Waals surface area contributed by atoms with Crippen molar-refractivity contribution < 1.29 is 23.5 Å². The van der Waals surface area contributed by atoms with Gasteiger partial charge in [-0.2, -0.15) is 5.10 Å². The van der Waals surface area contributed by atoms with Crippen LogP contribution in [0.3, 0.4) is 0 Å². The van der Waals surface area contributed by atoms with Crippen LogP contribution in [0.25, 0.3) is 28.1 Å². The number of pyridine rings is 1. The average molecular weight is 488 g/mol. The Bertz CT molecular complexity index is 1370. The number of esters is 2. The summed E-state index contributed by atoms with van der Waals surface area (Å²) >= 11 is 0. The summed E-state index contributed by atoms with van der Waals surface area (Å²) in [5, 5.41) is 4.78. The number of hydrogen-bond donors (Lipinski definition) is 0. The smallest absolute Gasteiger partial charge is 0.340 e. The quantitative estimate of drug-likeness (QED) is 0.311. The van der Waals surface area contributed by atoms with Crippen LogP contribution in [0.4, 0.5) is 4.39 Å². The third-order valence-corrected chi connectivity index (χ3v) is 5.64. The van der Waals surface area contributed by atoms with Gasteiger partial charge in [-0.05, 0) is 64.1 Å². The largest absolute Gasteiger partial charge is 0.462 e. The van der Waals surface area contributed by atoms with Crippen LogP contribution in [0.5, 0.6) is 0 Å². The van der Waals surface area contributed by atoms with Crippen LogP contribution in [-0.4, -0.2) is 39.9 Å². The molecule has 0 radical (unpaired) electrons. The molecule has 0 aliphatic carbocycles. The van der Waals surface area contributed by atoms with Gasteiger partial charge in [-0.3, -0.25) is 4.98 Å². The molecule has 7 nitrogen and oxygen atoms in total. The first-order valence-electron chi connectivity index (χ1n) is 11.6. The molecule has 0 aliphatic heterocycles. The van der Waals surface area contributed by atoms with Gasteiger partial charge in [0.05, 0.1) is 41.4 Å². The lowest BCUT2D eigenvalue weighted by molar-refractivity contribution is 0.0525. The zero-order valence-electron chi connectivity index (χ0n) is 20.5. The summed E-state index contributed by atoms with van der Waals surface area (Å²) in [5.74, 6) is -1.61. The van der Waals surface area contributed by atoms with Crippen LogP contribution >= 0.6 is 0 Å². The van der Waals surface area contributed by atoms with E-state index < -0.39 is 17.8 Å². The normalized spacial score (nSPS) is 10.8. The first-order chi connectivity index (χ1) is 17.3. The van der Waals surface area contributed by atoms with E-state index in [0.29, 0.717) is 33.8 Å². The number of benzene rings is 2. The Morgan fingerprint density at radius 2 is 1.42 bits per heavy atom. The van der Waals surface area contributed by atoms with E-state index in [9.17, 15) is 14.0 Å². The van der Waals surface area contributed by atoms with Gasteiger partial charge in [0.1, 0.15) is 11.5 Å². The van der Waals surface area contributed by atoms with Crippen molar-refractivity contribution in [1.29, 1.82) is 0 Å². The first kappa shape index (κ1) is 24.8. The molecule has 0 bridgehead atoms. The monoisotopic (exact) mass is 487 g/mol. The minimum atomic E-state index is -0.611. The molecule has 184 valence electrons. The van der Waals surface area contributed by atoms with E-state index in [-0.39, 0.29) is 24.3 Å². The van der Waals surface area contributed by atoms with Crippen molar-refractivity contribution in [1.82, 2.24) is 14.8 Å². The summed E-state index contributed by atoms with van der Waals surface area (Å²) in [7, 11) is 0. The number of para-hydroxylation sites is 1. The van der Waals surface area contributed by atoms with E-state index in [1.807, 2.05) is 30.3 Å². The number of rotatable bonds is 7. The summed E-state index contributed by atoms with van der Waals surface area (Å²) in [6.45, 7) is 7.09. The molecule has 2 aromatic heterocycles. The van der Waals surface area contributed by atoms with Crippen molar-refractivity contribution in [2.24, 2.45) is 0 Å². The topological polar surface area (TPSA) is 83.3 Å². The number of aryl methyl sites for hydroxylation is 2. The Morgan fingerprint density at radius 3 is 1.94 bits per heavy atom. The Balaban J connectivity index is 2.11. The minimum absolute atomic E-state index is 0.147. The molecule has 36 heavy (non-hydrogen) atoms. The molecule has 4 aromatic rings. The lowest BCUT2D eigenvalue weighted by atomic mass is 9.91. The van der Waals surface area contributed by atoms with E-state index in [4.69, 9.17) is 14.6 Å². The van der Waals surface area contributed by atoms with Gasteiger partial charge in [-0.1, -0.05) is 18.2 Å². The average Bonchev–Trinajstić information content (AvgIpc) is 3.30. The van der Waals surface area contributed by atoms with E-state index in [1.165, 1.54) is 12.1 Å². The molecule has 2 aromatic carbocycles. The molecule has 0 unspecified atom stereocenters. The molecule has 0 N–H and O–H groups in total. The third kappa shape index (κ3) is 4.75. The standard InChI is InChI=1S/C28H26FN3O4/c1-5-35-27(33)23-17(3)30-18(4)24(28(34)36-6-2)25(23)22-16-32(21-10-8-7-9-11-21)31-26(22)19-12-14-20(29)15-13-19/h7-16H,5-6H2,1-4H3. The highest BCUT2D eigenvalue weighted by molar-refractivity contribution is 6.08. The Hall–Kier alpha value is -4.33. The highest BCUT2D eigenvalue weighted by Gasteiger charge is 2.30. The number of nitrogens with zero attached hydrogens (tertiary/aromatic N) is 3. The fraction of sp³-hybridized carbons (Fsp3) is 0.214. The summed E-state index contributed by atoms with van der Waals surface area (Å²) in [6, 6.07) is 15.3. The van der Waals surface area contributed by atoms with Gasteiger partial charge >= 0.3 is 11.9 Å². The molecule has 0 fully saturated rings. The highest BCUT2D eigenvalue weighted by Crippen LogP contribution is 2.39. The summed E-state index contributed by atoms with van der Waals surface area (Å²) < 4.78 is 26.1. The van der Waals surface area contributed by atoms with Crippen molar-refractivity contribution >= 4 is 11.9 Å². The second-order valence-corrected chi connectivity index (χ2v) is 8.03. The number of ether oxygens (including phenoxy) is 2. The van der Waals surface area contributed by atoms with Crippen LogP contribution in [0.1, 0.15) is 46.0 Å². The zero-order valence-corrected chi connectivity index (χ0v) is 20.5.